The van der Waals surface area contributed by atoms with E-state index in [0.717, 1.165) is 37.0 Å². The molecule has 2 rings (SSSR count). The van der Waals surface area contributed by atoms with E-state index in [0.29, 0.717) is 23.4 Å². The Labute approximate surface area is 274 Å². The Morgan fingerprint density at radius 3 is 2.00 bits per heavy atom. The van der Waals surface area contributed by atoms with Gasteiger partial charge in [-0.15, -0.1) is 0 Å². The fourth-order valence-electron chi connectivity index (χ4n) is 6.69. The van der Waals surface area contributed by atoms with E-state index in [1.807, 2.05) is 34.6 Å². The van der Waals surface area contributed by atoms with Crippen LogP contribution in [0.3, 0.4) is 0 Å². The second kappa shape index (κ2) is 19.6. The first-order valence-corrected chi connectivity index (χ1v) is 19.1. The Balaban J connectivity index is 1.85. The minimum atomic E-state index is -3.99. The maximum Gasteiger partial charge on any atom is 0.324 e. The average Bonchev–Trinajstić information content (AvgIpc) is 3.31. The largest absolute Gasteiger partial charge is 0.492 e. The van der Waals surface area contributed by atoms with E-state index in [1.54, 1.807) is 0 Å². The smallest absolute Gasteiger partial charge is 0.324 e. The molecule has 2 unspecified atom stereocenters. The summed E-state index contributed by atoms with van der Waals surface area (Å²) in [5.74, 6) is -0.0212. The van der Waals surface area contributed by atoms with E-state index in [1.165, 1.54) is 70.6 Å². The number of hydrogen-bond acceptors (Lipinski definition) is 6. The van der Waals surface area contributed by atoms with Crippen molar-refractivity contribution in [1.82, 2.24) is 4.72 Å². The molecule has 9 nitrogen and oxygen atoms in total. The zero-order valence-electron chi connectivity index (χ0n) is 29.2. The number of sulfonamides is 1. The summed E-state index contributed by atoms with van der Waals surface area (Å²) < 4.78 is 42.2. The van der Waals surface area contributed by atoms with E-state index >= 15 is 0 Å². The van der Waals surface area contributed by atoms with E-state index < -0.39 is 22.0 Å². The number of nitrogens with two attached hydrogens (primary N) is 2. The van der Waals surface area contributed by atoms with Crippen molar-refractivity contribution in [1.29, 1.82) is 0 Å². The fraction of sp³-hybridized carbons (Fsp3) is 0.829. The van der Waals surface area contributed by atoms with Crippen LogP contribution >= 0.6 is 0 Å². The van der Waals surface area contributed by atoms with Crippen LogP contribution in [-0.4, -0.2) is 45.1 Å². The summed E-state index contributed by atoms with van der Waals surface area (Å²) in [5.41, 5.74) is 12.1. The van der Waals surface area contributed by atoms with Gasteiger partial charge in [-0.05, 0) is 64.5 Å². The third-order valence-electron chi connectivity index (χ3n) is 9.31. The first-order valence-electron chi connectivity index (χ1n) is 17.7. The highest BCUT2D eigenvalue weighted by Gasteiger charge is 2.47. The van der Waals surface area contributed by atoms with Crippen LogP contribution in [0.4, 0.5) is 0 Å². The predicted octanol–water partition coefficient (Wildman–Crippen LogP) is 7.37. The molecule has 0 amide bonds. The number of guanidine groups is 1. The standard InChI is InChI=1S/C35H64N4O5S/c1-7-8-9-10-11-12-13-14-15-16-17-18-19-20-24-43-33(40)30(22-21-23-38-34(36)37)39-45(41,42)32-27(3)26(2)31-29(28(32)4)25-35(5,6)44-31/h28-30,39H,7-25H2,1-6H3,(H4,36,37,38)/t28?,29?,30-/m0/s1. The summed E-state index contributed by atoms with van der Waals surface area (Å²) in [7, 11) is -3.99. The molecular formula is C35H64N4O5S. The number of nitrogens with one attached hydrogen (secondary N) is 1. The van der Waals surface area contributed by atoms with Gasteiger partial charge in [-0.25, -0.2) is 8.42 Å². The molecule has 5 N–H and O–H groups in total. The second-order valence-electron chi connectivity index (χ2n) is 13.8. The van der Waals surface area contributed by atoms with Crippen molar-refractivity contribution in [2.75, 3.05) is 13.2 Å². The number of fused-ring (bicyclic) bond motifs is 1. The number of unbranched alkanes of at least 4 members (excludes halogenated alkanes) is 13. The van der Waals surface area contributed by atoms with Crippen LogP contribution < -0.4 is 16.2 Å². The van der Waals surface area contributed by atoms with Crippen LogP contribution in [0.5, 0.6) is 0 Å². The predicted molar refractivity (Wildman–Crippen MR) is 185 cm³/mol. The molecule has 2 aliphatic rings. The molecule has 1 aliphatic carbocycles. The Kier molecular flexibility index (Phi) is 17.0. The average molecular weight is 653 g/mol. The molecule has 0 saturated carbocycles. The number of aliphatic imine (C=N–C) groups is 1. The summed E-state index contributed by atoms with van der Waals surface area (Å²) in [6.07, 6.45) is 18.9. The number of esters is 1. The van der Waals surface area contributed by atoms with E-state index in [4.69, 9.17) is 20.9 Å². The van der Waals surface area contributed by atoms with Gasteiger partial charge in [-0.3, -0.25) is 9.79 Å². The molecule has 1 fully saturated rings. The van der Waals surface area contributed by atoms with Crippen molar-refractivity contribution >= 4 is 22.0 Å². The van der Waals surface area contributed by atoms with Gasteiger partial charge < -0.3 is 20.9 Å². The number of nitrogens with zero attached hydrogens (tertiary/aromatic N) is 1. The fourth-order valence-corrected chi connectivity index (χ4v) is 8.61. The van der Waals surface area contributed by atoms with E-state index in [-0.39, 0.29) is 36.4 Å². The molecule has 0 bridgehead atoms. The molecule has 45 heavy (non-hydrogen) atoms. The summed E-state index contributed by atoms with van der Waals surface area (Å²) >= 11 is 0. The molecule has 260 valence electrons. The summed E-state index contributed by atoms with van der Waals surface area (Å²) in [5, 5.41) is 0. The Bertz CT molecular complexity index is 1120. The normalized spacial score (nSPS) is 20.1. The number of hydrogen-bond donors (Lipinski definition) is 3. The molecule has 1 heterocycles. The minimum absolute atomic E-state index is 0.0251. The third-order valence-corrected chi connectivity index (χ3v) is 11.2. The molecule has 10 heteroatoms. The van der Waals surface area contributed by atoms with Gasteiger partial charge in [0.25, 0.3) is 0 Å². The van der Waals surface area contributed by atoms with Gasteiger partial charge >= 0.3 is 5.97 Å². The quantitative estimate of drug-likeness (QED) is 0.0452. The van der Waals surface area contributed by atoms with Gasteiger partial charge in [0, 0.05) is 18.4 Å². The lowest BCUT2D eigenvalue weighted by molar-refractivity contribution is -0.146. The molecule has 0 radical (unpaired) electrons. The van der Waals surface area contributed by atoms with Gasteiger partial charge in [0.1, 0.15) is 17.4 Å². The van der Waals surface area contributed by atoms with Crippen molar-refractivity contribution in [3.05, 3.63) is 21.8 Å². The molecule has 0 spiro atoms. The highest BCUT2D eigenvalue weighted by molar-refractivity contribution is 7.93. The van der Waals surface area contributed by atoms with Crippen molar-refractivity contribution in [2.45, 2.75) is 162 Å². The molecular weight excluding hydrogens is 588 g/mol. The lowest BCUT2D eigenvalue weighted by Crippen LogP contribution is -2.44. The molecule has 0 aromatic rings. The van der Waals surface area contributed by atoms with E-state index in [9.17, 15) is 13.2 Å². The molecule has 1 aliphatic heterocycles. The first kappa shape index (κ1) is 39.1. The summed E-state index contributed by atoms with van der Waals surface area (Å²) in [6.45, 7) is 12.6. The van der Waals surface area contributed by atoms with Crippen LogP contribution in [0.1, 0.15) is 151 Å². The maximum absolute atomic E-state index is 13.9. The molecule has 0 aromatic carbocycles. The number of carbonyl (C=O) groups is 1. The van der Waals surface area contributed by atoms with Crippen molar-refractivity contribution in [3.8, 4) is 0 Å². The van der Waals surface area contributed by atoms with Crippen LogP contribution in [-0.2, 0) is 24.3 Å². The lowest BCUT2D eigenvalue weighted by atomic mass is 9.79. The van der Waals surface area contributed by atoms with E-state index in [2.05, 4.69) is 16.6 Å². The number of allylic oxidation sites excluding steroid dienone is 4. The zero-order chi connectivity index (χ0) is 33.5. The van der Waals surface area contributed by atoms with Crippen LogP contribution in [0.15, 0.2) is 26.8 Å². The Morgan fingerprint density at radius 1 is 0.933 bits per heavy atom. The van der Waals surface area contributed by atoms with Crippen LogP contribution in [0, 0.1) is 11.8 Å². The molecule has 3 atom stereocenters. The van der Waals surface area contributed by atoms with Crippen LogP contribution in [0.2, 0.25) is 0 Å². The number of carbonyl (C=O) groups excluding carboxylic acids is 1. The third kappa shape index (κ3) is 13.3. The Hall–Kier alpha value is -2.07. The van der Waals surface area contributed by atoms with Crippen molar-refractivity contribution in [3.63, 3.8) is 0 Å². The van der Waals surface area contributed by atoms with Gasteiger partial charge in [-0.2, -0.15) is 4.72 Å². The lowest BCUT2D eigenvalue weighted by Gasteiger charge is -2.31. The number of rotatable bonds is 23. The second-order valence-corrected chi connectivity index (χ2v) is 15.5. The summed E-state index contributed by atoms with van der Waals surface area (Å²) in [4.78, 5) is 17.5. The monoisotopic (exact) mass is 652 g/mol. The Morgan fingerprint density at radius 2 is 1.47 bits per heavy atom. The summed E-state index contributed by atoms with van der Waals surface area (Å²) in [6, 6.07) is -1.02. The first-order chi connectivity index (χ1) is 21.3. The SMILES string of the molecule is CCCCCCCCCCCCCCCCOC(=O)[C@H](CCCN=C(N)N)NS(=O)(=O)C1=C(C)C(C)=C2OC(C)(C)CC2C1C. The van der Waals surface area contributed by atoms with Crippen LogP contribution in [0.25, 0.3) is 0 Å². The highest BCUT2D eigenvalue weighted by atomic mass is 32.2. The van der Waals surface area contributed by atoms with Gasteiger partial charge in [-0.1, -0.05) is 97.3 Å². The minimum Gasteiger partial charge on any atom is -0.492 e. The molecule has 0 aromatic heterocycles. The van der Waals surface area contributed by atoms with Crippen molar-refractivity contribution in [2.24, 2.45) is 28.3 Å². The molecule has 1 saturated heterocycles. The topological polar surface area (TPSA) is 146 Å². The highest BCUT2D eigenvalue weighted by Crippen LogP contribution is 2.50. The van der Waals surface area contributed by atoms with Gasteiger partial charge in [0.05, 0.1) is 11.5 Å². The number of ether oxygens (including phenoxy) is 2. The maximum atomic E-state index is 13.9. The van der Waals surface area contributed by atoms with Gasteiger partial charge in [0.2, 0.25) is 10.0 Å². The zero-order valence-corrected chi connectivity index (χ0v) is 30.0. The van der Waals surface area contributed by atoms with Crippen molar-refractivity contribution < 1.29 is 22.7 Å². The van der Waals surface area contributed by atoms with Gasteiger partial charge in [0.15, 0.2) is 5.96 Å².